The highest BCUT2D eigenvalue weighted by molar-refractivity contribution is 5.97. The van der Waals surface area contributed by atoms with Crippen molar-refractivity contribution in [2.24, 2.45) is 5.92 Å². The Balaban J connectivity index is 1.79. The summed E-state index contributed by atoms with van der Waals surface area (Å²) in [5, 5.41) is 7.48. The molecular formula is C17H21F3N4O. The zero-order valence-corrected chi connectivity index (χ0v) is 14.2. The Hall–Kier alpha value is -2.12. The number of fused-ring (bicyclic) bond motifs is 1. The van der Waals surface area contributed by atoms with Crippen molar-refractivity contribution in [2.75, 3.05) is 0 Å². The smallest absolute Gasteiger partial charge is 0.349 e. The van der Waals surface area contributed by atoms with E-state index in [-0.39, 0.29) is 18.0 Å². The highest BCUT2D eigenvalue weighted by Gasteiger charge is 2.46. The van der Waals surface area contributed by atoms with Gasteiger partial charge in [-0.1, -0.05) is 12.8 Å². The normalized spacial score (nSPS) is 21.7. The Morgan fingerprint density at radius 1 is 1.28 bits per heavy atom. The van der Waals surface area contributed by atoms with Crippen molar-refractivity contribution in [1.82, 2.24) is 20.1 Å². The third kappa shape index (κ3) is 3.62. The minimum atomic E-state index is -4.29. The summed E-state index contributed by atoms with van der Waals surface area (Å²) in [7, 11) is 0. The predicted molar refractivity (Wildman–Crippen MR) is 87.2 cm³/mol. The monoisotopic (exact) mass is 354 g/mol. The van der Waals surface area contributed by atoms with Crippen LogP contribution in [-0.2, 0) is 0 Å². The van der Waals surface area contributed by atoms with Crippen molar-refractivity contribution in [2.45, 2.75) is 57.8 Å². The summed E-state index contributed by atoms with van der Waals surface area (Å²) in [6.45, 7) is 3.93. The van der Waals surface area contributed by atoms with Gasteiger partial charge in [-0.15, -0.1) is 0 Å². The zero-order valence-electron chi connectivity index (χ0n) is 14.2. The van der Waals surface area contributed by atoms with Crippen LogP contribution in [0.4, 0.5) is 13.2 Å². The highest BCUT2D eigenvalue weighted by Crippen LogP contribution is 2.37. The second-order valence-corrected chi connectivity index (χ2v) is 6.83. The molecule has 2 atom stereocenters. The number of rotatable bonds is 3. The van der Waals surface area contributed by atoms with E-state index in [0.29, 0.717) is 30.3 Å². The number of nitrogens with zero attached hydrogens (tertiary/aromatic N) is 3. The van der Waals surface area contributed by atoms with Crippen LogP contribution >= 0.6 is 0 Å². The topological polar surface area (TPSA) is 59.8 Å². The molecule has 0 spiro atoms. The number of amides is 1. The first-order valence-electron chi connectivity index (χ1n) is 8.48. The Morgan fingerprint density at radius 3 is 2.68 bits per heavy atom. The van der Waals surface area contributed by atoms with Crippen LogP contribution in [0.1, 0.15) is 55.9 Å². The molecule has 0 radical (unpaired) electrons. The lowest BCUT2D eigenvalue weighted by molar-refractivity contribution is -0.187. The SMILES string of the molecule is CC(C)n1ncc2cc(C(=O)N[C@@H]3CCCC[C@@H]3C(F)(F)F)cnc21. The lowest BCUT2D eigenvalue weighted by atomic mass is 9.84. The molecule has 136 valence electrons. The van der Waals surface area contributed by atoms with Crippen LogP contribution in [0.5, 0.6) is 0 Å². The van der Waals surface area contributed by atoms with Crippen molar-refractivity contribution in [3.05, 3.63) is 24.0 Å². The van der Waals surface area contributed by atoms with Gasteiger partial charge in [0.05, 0.1) is 17.7 Å². The molecule has 0 bridgehead atoms. The van der Waals surface area contributed by atoms with Crippen LogP contribution in [0.25, 0.3) is 11.0 Å². The van der Waals surface area contributed by atoms with Crippen LogP contribution in [0.2, 0.25) is 0 Å². The summed E-state index contributed by atoms with van der Waals surface area (Å²) in [6, 6.07) is 0.865. The Morgan fingerprint density at radius 2 is 2.00 bits per heavy atom. The molecule has 25 heavy (non-hydrogen) atoms. The standard InChI is InChI=1S/C17H21F3N4O/c1-10(2)24-15-11(9-22-24)7-12(8-21-15)16(25)23-14-6-4-3-5-13(14)17(18,19)20/h7-10,13-14H,3-6H2,1-2H3,(H,23,25)/t13-,14+/m0/s1. The molecule has 0 unspecified atom stereocenters. The molecule has 1 saturated carbocycles. The van der Waals surface area contributed by atoms with Crippen molar-refractivity contribution in [1.29, 1.82) is 0 Å². The molecule has 5 nitrogen and oxygen atoms in total. The molecule has 1 aliphatic rings. The van der Waals surface area contributed by atoms with E-state index >= 15 is 0 Å². The van der Waals surface area contributed by atoms with Gasteiger partial charge in [-0.3, -0.25) is 4.79 Å². The van der Waals surface area contributed by atoms with Crippen molar-refractivity contribution < 1.29 is 18.0 Å². The lowest BCUT2D eigenvalue weighted by Crippen LogP contribution is -2.47. The first kappa shape index (κ1) is 17.7. The summed E-state index contributed by atoms with van der Waals surface area (Å²) < 4.78 is 41.2. The molecule has 2 aromatic heterocycles. The maximum atomic E-state index is 13.2. The third-order valence-electron chi connectivity index (χ3n) is 4.69. The number of nitrogens with one attached hydrogen (secondary N) is 1. The second-order valence-electron chi connectivity index (χ2n) is 6.83. The van der Waals surface area contributed by atoms with Gasteiger partial charge in [0.25, 0.3) is 5.91 Å². The van der Waals surface area contributed by atoms with Crippen LogP contribution in [-0.4, -0.2) is 32.9 Å². The molecular weight excluding hydrogens is 333 g/mol. The summed E-state index contributed by atoms with van der Waals surface area (Å²) in [4.78, 5) is 16.7. The molecule has 0 saturated heterocycles. The van der Waals surface area contributed by atoms with Gasteiger partial charge in [-0.25, -0.2) is 9.67 Å². The van der Waals surface area contributed by atoms with Gasteiger partial charge >= 0.3 is 6.18 Å². The fourth-order valence-electron chi connectivity index (χ4n) is 3.39. The Bertz CT molecular complexity index is 769. The van der Waals surface area contributed by atoms with Crippen molar-refractivity contribution >= 4 is 16.9 Å². The molecule has 2 aromatic rings. The van der Waals surface area contributed by atoms with E-state index < -0.39 is 24.0 Å². The molecule has 0 aromatic carbocycles. The maximum absolute atomic E-state index is 13.2. The van der Waals surface area contributed by atoms with Crippen molar-refractivity contribution in [3.8, 4) is 0 Å². The summed E-state index contributed by atoms with van der Waals surface area (Å²) >= 11 is 0. The number of carbonyl (C=O) groups is 1. The Labute approximate surface area is 143 Å². The number of pyridine rings is 1. The van der Waals surface area contributed by atoms with Gasteiger partial charge in [0, 0.05) is 23.7 Å². The second kappa shape index (κ2) is 6.65. The molecule has 0 aliphatic heterocycles. The first-order chi connectivity index (χ1) is 11.8. The summed E-state index contributed by atoms with van der Waals surface area (Å²) in [5.74, 6) is -2.00. The van der Waals surface area contributed by atoms with E-state index in [1.807, 2.05) is 13.8 Å². The molecule has 1 aliphatic carbocycles. The summed E-state index contributed by atoms with van der Waals surface area (Å²) in [6.07, 6.45) is 0.346. The number of hydrogen-bond acceptors (Lipinski definition) is 3. The largest absolute Gasteiger partial charge is 0.393 e. The van der Waals surface area contributed by atoms with Crippen LogP contribution in [0.15, 0.2) is 18.5 Å². The lowest BCUT2D eigenvalue weighted by Gasteiger charge is -2.33. The quantitative estimate of drug-likeness (QED) is 0.910. The molecule has 1 amide bonds. The average Bonchev–Trinajstić information content (AvgIpc) is 2.97. The van der Waals surface area contributed by atoms with E-state index in [0.717, 1.165) is 0 Å². The zero-order chi connectivity index (χ0) is 18.2. The van der Waals surface area contributed by atoms with Crippen LogP contribution in [0.3, 0.4) is 0 Å². The minimum absolute atomic E-state index is 0.0624. The molecule has 2 heterocycles. The maximum Gasteiger partial charge on any atom is 0.393 e. The molecule has 8 heteroatoms. The first-order valence-corrected chi connectivity index (χ1v) is 8.48. The van der Waals surface area contributed by atoms with Crippen molar-refractivity contribution in [3.63, 3.8) is 0 Å². The fourth-order valence-corrected chi connectivity index (χ4v) is 3.39. The van der Waals surface area contributed by atoms with Gasteiger partial charge in [0.2, 0.25) is 0 Å². The molecule has 1 fully saturated rings. The highest BCUT2D eigenvalue weighted by atomic mass is 19.4. The fraction of sp³-hybridized carbons (Fsp3) is 0.588. The third-order valence-corrected chi connectivity index (χ3v) is 4.69. The number of aromatic nitrogens is 3. The van der Waals surface area contributed by atoms with Gasteiger partial charge in [-0.2, -0.15) is 18.3 Å². The predicted octanol–water partition coefficient (Wildman–Crippen LogP) is 3.86. The molecule has 3 rings (SSSR count). The van der Waals surface area contributed by atoms with E-state index in [9.17, 15) is 18.0 Å². The van der Waals surface area contributed by atoms with E-state index in [4.69, 9.17) is 0 Å². The van der Waals surface area contributed by atoms with E-state index in [1.165, 1.54) is 6.20 Å². The minimum Gasteiger partial charge on any atom is -0.349 e. The van der Waals surface area contributed by atoms with Gasteiger partial charge in [-0.05, 0) is 32.8 Å². The van der Waals surface area contributed by atoms with Crippen LogP contribution in [0, 0.1) is 5.92 Å². The molecule has 1 N–H and O–H groups in total. The van der Waals surface area contributed by atoms with Gasteiger partial charge < -0.3 is 5.32 Å². The number of hydrogen-bond donors (Lipinski definition) is 1. The Kier molecular flexibility index (Phi) is 4.71. The van der Waals surface area contributed by atoms with Gasteiger partial charge in [0.1, 0.15) is 0 Å². The van der Waals surface area contributed by atoms with Gasteiger partial charge in [0.15, 0.2) is 5.65 Å². The number of carbonyl (C=O) groups excluding carboxylic acids is 1. The average molecular weight is 354 g/mol. The number of alkyl halides is 3. The van der Waals surface area contributed by atoms with E-state index in [1.54, 1.807) is 16.9 Å². The summed E-state index contributed by atoms with van der Waals surface area (Å²) in [5.41, 5.74) is 0.902. The van der Waals surface area contributed by atoms with E-state index in [2.05, 4.69) is 15.4 Å². The number of halogens is 3. The van der Waals surface area contributed by atoms with Crippen LogP contribution < -0.4 is 5.32 Å².